The summed E-state index contributed by atoms with van der Waals surface area (Å²) in [5, 5.41) is 2.88. The number of benzene rings is 1. The normalized spacial score (nSPS) is 11.4. The summed E-state index contributed by atoms with van der Waals surface area (Å²) in [6, 6.07) is 3.94. The number of hydrogen-bond acceptors (Lipinski definition) is 7. The third kappa shape index (κ3) is 3.78. The number of nitrogen functional groups attached to an aromatic ring is 1. The van der Waals surface area contributed by atoms with Crippen molar-refractivity contribution in [1.82, 2.24) is 15.0 Å². The third-order valence-electron chi connectivity index (χ3n) is 2.51. The molecule has 0 radical (unpaired) electrons. The van der Waals surface area contributed by atoms with Gasteiger partial charge in [-0.3, -0.25) is 4.55 Å². The molecule has 112 valence electrons. The maximum atomic E-state index is 11.1. The highest BCUT2D eigenvalue weighted by atomic mass is 35.5. The molecule has 0 fully saturated rings. The molecule has 2 rings (SSSR count). The molecule has 10 heteroatoms. The second kappa shape index (κ2) is 5.80. The zero-order valence-corrected chi connectivity index (χ0v) is 12.5. The van der Waals surface area contributed by atoms with Gasteiger partial charge in [-0.1, -0.05) is 6.92 Å². The number of nitrogens with two attached hydrogens (primary N) is 1. The van der Waals surface area contributed by atoms with Crippen molar-refractivity contribution in [2.24, 2.45) is 0 Å². The summed E-state index contributed by atoms with van der Waals surface area (Å²) < 4.78 is 31.1. The Balaban J connectivity index is 2.33. The van der Waals surface area contributed by atoms with Crippen LogP contribution < -0.4 is 11.1 Å². The standard InChI is InChI=1S/C11H12ClN5O3S/c1-2-9-15-10(12)17-11(16-9)14-6-3-4-8(7(13)5-6)21(18,19)20/h3-5H,2,13H2,1H3,(H,18,19,20)(H,14,15,16,17). The highest BCUT2D eigenvalue weighted by molar-refractivity contribution is 7.86. The van der Waals surface area contributed by atoms with E-state index in [-0.39, 0.29) is 21.8 Å². The fourth-order valence-corrected chi connectivity index (χ4v) is 2.37. The number of rotatable bonds is 4. The lowest BCUT2D eigenvalue weighted by Gasteiger charge is -2.08. The minimum atomic E-state index is -4.36. The molecule has 4 N–H and O–H groups in total. The molecule has 0 aliphatic carbocycles. The molecule has 0 atom stereocenters. The molecule has 0 aliphatic heterocycles. The molecule has 1 heterocycles. The maximum absolute atomic E-state index is 11.1. The van der Waals surface area contributed by atoms with E-state index < -0.39 is 10.1 Å². The molecule has 0 bridgehead atoms. The Labute approximate surface area is 126 Å². The van der Waals surface area contributed by atoms with Crippen LogP contribution in [-0.2, 0) is 16.5 Å². The quantitative estimate of drug-likeness (QED) is 0.570. The molecule has 0 aliphatic rings. The van der Waals surface area contributed by atoms with Crippen LogP contribution in [0.1, 0.15) is 12.7 Å². The highest BCUT2D eigenvalue weighted by Crippen LogP contribution is 2.24. The second-order valence-electron chi connectivity index (χ2n) is 4.05. The van der Waals surface area contributed by atoms with Crippen molar-refractivity contribution in [2.75, 3.05) is 11.1 Å². The molecule has 2 aromatic rings. The third-order valence-corrected chi connectivity index (χ3v) is 3.61. The molecule has 0 spiro atoms. The molecular weight excluding hydrogens is 318 g/mol. The summed E-state index contributed by atoms with van der Waals surface area (Å²) >= 11 is 5.77. The van der Waals surface area contributed by atoms with Gasteiger partial charge in [0.1, 0.15) is 10.7 Å². The average molecular weight is 330 g/mol. The number of nitrogens with zero attached hydrogens (tertiary/aromatic N) is 3. The number of anilines is 3. The second-order valence-corrected chi connectivity index (χ2v) is 5.78. The first-order valence-corrected chi connectivity index (χ1v) is 7.66. The number of nitrogens with one attached hydrogen (secondary N) is 1. The van der Waals surface area contributed by atoms with Gasteiger partial charge < -0.3 is 11.1 Å². The Morgan fingerprint density at radius 1 is 1.33 bits per heavy atom. The molecule has 1 aromatic carbocycles. The van der Waals surface area contributed by atoms with Crippen molar-refractivity contribution in [1.29, 1.82) is 0 Å². The highest BCUT2D eigenvalue weighted by Gasteiger charge is 2.14. The Kier molecular flexibility index (Phi) is 4.26. The van der Waals surface area contributed by atoms with Crippen LogP contribution in [0.2, 0.25) is 5.28 Å². The first-order valence-electron chi connectivity index (χ1n) is 5.84. The monoisotopic (exact) mass is 329 g/mol. The lowest BCUT2D eigenvalue weighted by atomic mass is 10.3. The van der Waals surface area contributed by atoms with Gasteiger partial charge in [0, 0.05) is 12.1 Å². The minimum Gasteiger partial charge on any atom is -0.398 e. The van der Waals surface area contributed by atoms with E-state index in [0.717, 1.165) is 0 Å². The SMILES string of the molecule is CCc1nc(Cl)nc(Nc2ccc(S(=O)(=O)O)c(N)c2)n1. The predicted octanol–water partition coefficient (Wildman–Crippen LogP) is 1.66. The minimum absolute atomic E-state index is 0.0480. The maximum Gasteiger partial charge on any atom is 0.296 e. The van der Waals surface area contributed by atoms with Gasteiger partial charge in [0.15, 0.2) is 0 Å². The Hall–Kier alpha value is -1.97. The van der Waals surface area contributed by atoms with Crippen molar-refractivity contribution >= 4 is 39.0 Å². The molecule has 8 nitrogen and oxygen atoms in total. The number of aryl methyl sites for hydroxylation is 1. The van der Waals surface area contributed by atoms with E-state index in [0.29, 0.717) is 17.9 Å². The van der Waals surface area contributed by atoms with Gasteiger partial charge in [0.05, 0.1) is 5.69 Å². The fraction of sp³-hybridized carbons (Fsp3) is 0.182. The van der Waals surface area contributed by atoms with E-state index >= 15 is 0 Å². The first kappa shape index (κ1) is 15.4. The van der Waals surface area contributed by atoms with E-state index in [1.807, 2.05) is 6.92 Å². The van der Waals surface area contributed by atoms with Crippen molar-refractivity contribution in [2.45, 2.75) is 18.2 Å². The van der Waals surface area contributed by atoms with Gasteiger partial charge in [-0.2, -0.15) is 18.4 Å². The number of hydrogen-bond donors (Lipinski definition) is 3. The Morgan fingerprint density at radius 3 is 2.62 bits per heavy atom. The molecule has 0 amide bonds. The molecule has 21 heavy (non-hydrogen) atoms. The zero-order chi connectivity index (χ0) is 15.6. The average Bonchev–Trinajstić information content (AvgIpc) is 2.36. The van der Waals surface area contributed by atoms with E-state index in [4.69, 9.17) is 21.9 Å². The summed E-state index contributed by atoms with van der Waals surface area (Å²) in [7, 11) is -4.36. The van der Waals surface area contributed by atoms with Crippen LogP contribution in [0, 0.1) is 0 Å². The van der Waals surface area contributed by atoms with Crippen LogP contribution in [0.4, 0.5) is 17.3 Å². The predicted molar refractivity (Wildman–Crippen MR) is 78.2 cm³/mol. The van der Waals surface area contributed by atoms with Crippen LogP contribution in [-0.4, -0.2) is 27.9 Å². The van der Waals surface area contributed by atoms with E-state index in [2.05, 4.69) is 20.3 Å². The van der Waals surface area contributed by atoms with Gasteiger partial charge in [0.2, 0.25) is 11.2 Å². The topological polar surface area (TPSA) is 131 Å². The van der Waals surface area contributed by atoms with Gasteiger partial charge in [0.25, 0.3) is 10.1 Å². The molecular formula is C11H12ClN5O3S. The van der Waals surface area contributed by atoms with Crippen molar-refractivity contribution in [3.63, 3.8) is 0 Å². The van der Waals surface area contributed by atoms with Crippen LogP contribution in [0.15, 0.2) is 23.1 Å². The van der Waals surface area contributed by atoms with E-state index in [9.17, 15) is 8.42 Å². The first-order chi connectivity index (χ1) is 9.79. The van der Waals surface area contributed by atoms with Crippen LogP contribution >= 0.6 is 11.6 Å². The summed E-state index contributed by atoms with van der Waals surface area (Å²) in [6.07, 6.45) is 0.584. The summed E-state index contributed by atoms with van der Waals surface area (Å²) in [5.74, 6) is 0.728. The van der Waals surface area contributed by atoms with Crippen molar-refractivity contribution in [3.8, 4) is 0 Å². The zero-order valence-electron chi connectivity index (χ0n) is 10.9. The van der Waals surface area contributed by atoms with Crippen molar-refractivity contribution < 1.29 is 13.0 Å². The van der Waals surface area contributed by atoms with Crippen LogP contribution in [0.25, 0.3) is 0 Å². The smallest absolute Gasteiger partial charge is 0.296 e. The Bertz CT molecular complexity index is 781. The summed E-state index contributed by atoms with van der Waals surface area (Å²) in [4.78, 5) is 11.6. The molecule has 1 aromatic heterocycles. The lowest BCUT2D eigenvalue weighted by Crippen LogP contribution is -2.05. The van der Waals surface area contributed by atoms with Crippen LogP contribution in [0.5, 0.6) is 0 Å². The van der Waals surface area contributed by atoms with Gasteiger partial charge in [-0.05, 0) is 29.8 Å². The fourth-order valence-electron chi connectivity index (χ4n) is 1.60. The van der Waals surface area contributed by atoms with Crippen LogP contribution in [0.3, 0.4) is 0 Å². The summed E-state index contributed by atoms with van der Waals surface area (Å²) in [5.41, 5.74) is 5.94. The molecule has 0 unspecified atom stereocenters. The van der Waals surface area contributed by atoms with Gasteiger partial charge in [-0.15, -0.1) is 0 Å². The Morgan fingerprint density at radius 2 is 2.05 bits per heavy atom. The number of aromatic nitrogens is 3. The molecule has 0 saturated carbocycles. The largest absolute Gasteiger partial charge is 0.398 e. The summed E-state index contributed by atoms with van der Waals surface area (Å²) in [6.45, 7) is 1.87. The van der Waals surface area contributed by atoms with Gasteiger partial charge in [-0.25, -0.2) is 4.98 Å². The number of halogens is 1. The van der Waals surface area contributed by atoms with E-state index in [1.54, 1.807) is 0 Å². The van der Waals surface area contributed by atoms with E-state index in [1.165, 1.54) is 18.2 Å². The van der Waals surface area contributed by atoms with Gasteiger partial charge >= 0.3 is 0 Å². The van der Waals surface area contributed by atoms with Crippen molar-refractivity contribution in [3.05, 3.63) is 29.3 Å². The molecule has 0 saturated heterocycles. The lowest BCUT2D eigenvalue weighted by molar-refractivity contribution is 0.483.